The van der Waals surface area contributed by atoms with Crippen LogP contribution in [0.5, 0.6) is 0 Å². The molecule has 3 saturated carbocycles. The Morgan fingerprint density at radius 3 is 3.03 bits per heavy atom. The fraction of sp³-hybridized carbons (Fsp3) is 0.800. The minimum absolute atomic E-state index is 0.0695. The van der Waals surface area contributed by atoms with Crippen LogP contribution < -0.4 is 0 Å². The highest BCUT2D eigenvalue weighted by Crippen LogP contribution is 2.66. The quantitative estimate of drug-likeness (QED) is 0.386. The van der Waals surface area contributed by atoms with Crippen LogP contribution in [-0.2, 0) is 19.0 Å². The number of allylic oxidation sites excluding steroid dienone is 3. The molecule has 6 atom stereocenters. The molecule has 4 aliphatic carbocycles. The lowest BCUT2D eigenvalue weighted by Gasteiger charge is -2.58. The van der Waals surface area contributed by atoms with Crippen LogP contribution in [0, 0.1) is 28.6 Å². The fourth-order valence-electron chi connectivity index (χ4n) is 7.89. The first-order valence-electron chi connectivity index (χ1n) is 11.9. The van der Waals surface area contributed by atoms with Crippen LogP contribution >= 0.6 is 0 Å². The summed E-state index contributed by atoms with van der Waals surface area (Å²) in [5.74, 6) is 1.84. The van der Waals surface area contributed by atoms with Gasteiger partial charge in [0, 0.05) is 16.9 Å². The molecule has 0 aromatic rings. The molecule has 0 radical (unpaired) electrons. The lowest BCUT2D eigenvalue weighted by molar-refractivity contribution is -0.137. The zero-order valence-corrected chi connectivity index (χ0v) is 17.9. The topological polar surface area (TPSA) is 44.8 Å². The number of esters is 1. The smallest absolute Gasteiger partial charge is 0.330 e. The van der Waals surface area contributed by atoms with Crippen molar-refractivity contribution in [2.75, 3.05) is 26.4 Å². The van der Waals surface area contributed by atoms with Gasteiger partial charge in [0.1, 0.15) is 0 Å². The Kier molecular flexibility index (Phi) is 5.36. The van der Waals surface area contributed by atoms with Gasteiger partial charge in [-0.25, -0.2) is 4.79 Å². The molecular weight excluding hydrogens is 364 g/mol. The molecule has 0 aromatic carbocycles. The lowest BCUT2D eigenvalue weighted by Crippen LogP contribution is -2.53. The van der Waals surface area contributed by atoms with Crippen LogP contribution in [0.1, 0.15) is 64.7 Å². The number of carbonyl (C=O) groups excluding carboxylic acids is 1. The SMILES string of the molecule is CCOC(=O)C=C[C@]12CCCCC1=CC[C@H]1[C@@H]3CCC4OCCOC[C@@]43CC[C@@H]12. The summed E-state index contributed by atoms with van der Waals surface area (Å²) < 4.78 is 17.6. The summed E-state index contributed by atoms with van der Waals surface area (Å²) in [7, 11) is 0. The Bertz CT molecular complexity index is 697. The summed E-state index contributed by atoms with van der Waals surface area (Å²) in [6, 6.07) is 0. The van der Waals surface area contributed by atoms with Gasteiger partial charge in [0.2, 0.25) is 0 Å². The summed E-state index contributed by atoms with van der Waals surface area (Å²) in [6.45, 7) is 4.70. The second-order valence-electron chi connectivity index (χ2n) is 9.94. The zero-order chi connectivity index (χ0) is 19.9. The molecule has 0 aromatic heterocycles. The van der Waals surface area contributed by atoms with E-state index in [0.717, 1.165) is 19.8 Å². The molecule has 4 fully saturated rings. The van der Waals surface area contributed by atoms with Gasteiger partial charge < -0.3 is 14.2 Å². The van der Waals surface area contributed by atoms with Crippen LogP contribution in [0.15, 0.2) is 23.8 Å². The average molecular weight is 401 g/mol. The molecule has 4 heteroatoms. The van der Waals surface area contributed by atoms with E-state index in [2.05, 4.69) is 12.2 Å². The molecule has 1 unspecified atom stereocenters. The van der Waals surface area contributed by atoms with E-state index in [-0.39, 0.29) is 16.8 Å². The third-order valence-electron chi connectivity index (χ3n) is 8.98. The zero-order valence-electron chi connectivity index (χ0n) is 17.9. The highest BCUT2D eigenvalue weighted by atomic mass is 16.5. The molecular formula is C25H36O4. The van der Waals surface area contributed by atoms with Crippen molar-refractivity contribution in [3.05, 3.63) is 23.8 Å². The summed E-state index contributed by atoms with van der Waals surface area (Å²) in [4.78, 5) is 12.2. The molecule has 1 heterocycles. The van der Waals surface area contributed by atoms with Crippen molar-refractivity contribution in [3.63, 3.8) is 0 Å². The number of fused-ring (bicyclic) bond motifs is 4. The van der Waals surface area contributed by atoms with Gasteiger partial charge in [0.25, 0.3) is 0 Å². The molecule has 0 bridgehead atoms. The fourth-order valence-corrected chi connectivity index (χ4v) is 7.89. The maximum atomic E-state index is 12.2. The van der Waals surface area contributed by atoms with Gasteiger partial charge in [-0.2, -0.15) is 0 Å². The lowest BCUT2D eigenvalue weighted by atomic mass is 9.47. The number of hydrogen-bond acceptors (Lipinski definition) is 4. The van der Waals surface area contributed by atoms with Gasteiger partial charge in [0.15, 0.2) is 0 Å². The van der Waals surface area contributed by atoms with E-state index >= 15 is 0 Å². The molecule has 5 aliphatic rings. The molecule has 160 valence electrons. The summed E-state index contributed by atoms with van der Waals surface area (Å²) in [5.41, 5.74) is 1.90. The Balaban J connectivity index is 1.48. The van der Waals surface area contributed by atoms with Crippen LogP contribution in [0.25, 0.3) is 0 Å². The highest BCUT2D eigenvalue weighted by molar-refractivity contribution is 5.82. The number of carbonyl (C=O) groups is 1. The Morgan fingerprint density at radius 1 is 1.21 bits per heavy atom. The van der Waals surface area contributed by atoms with Crippen LogP contribution in [0.4, 0.5) is 0 Å². The van der Waals surface area contributed by atoms with Crippen molar-refractivity contribution in [1.82, 2.24) is 0 Å². The van der Waals surface area contributed by atoms with Crippen LogP contribution in [0.3, 0.4) is 0 Å². The van der Waals surface area contributed by atoms with E-state index in [4.69, 9.17) is 14.2 Å². The molecule has 1 saturated heterocycles. The summed E-state index contributed by atoms with van der Waals surface area (Å²) >= 11 is 0. The average Bonchev–Trinajstić information content (AvgIpc) is 2.99. The molecule has 1 aliphatic heterocycles. The van der Waals surface area contributed by atoms with Gasteiger partial charge in [-0.15, -0.1) is 0 Å². The first kappa shape index (κ1) is 19.8. The summed E-state index contributed by atoms with van der Waals surface area (Å²) in [5, 5.41) is 0. The largest absolute Gasteiger partial charge is 0.463 e. The van der Waals surface area contributed by atoms with Crippen molar-refractivity contribution in [3.8, 4) is 0 Å². The van der Waals surface area contributed by atoms with E-state index in [0.29, 0.717) is 30.5 Å². The Morgan fingerprint density at radius 2 is 2.14 bits per heavy atom. The van der Waals surface area contributed by atoms with Gasteiger partial charge in [0.05, 0.1) is 32.5 Å². The molecule has 5 rings (SSSR count). The Labute approximate surface area is 175 Å². The van der Waals surface area contributed by atoms with Crippen molar-refractivity contribution in [1.29, 1.82) is 0 Å². The minimum atomic E-state index is -0.187. The molecule has 0 N–H and O–H groups in total. The maximum absolute atomic E-state index is 12.2. The molecule has 0 amide bonds. The van der Waals surface area contributed by atoms with Crippen LogP contribution in [0.2, 0.25) is 0 Å². The number of ether oxygens (including phenoxy) is 3. The molecule has 29 heavy (non-hydrogen) atoms. The van der Waals surface area contributed by atoms with E-state index in [9.17, 15) is 4.79 Å². The standard InChI is InChI=1S/C25H36O4/c1-2-28-23(26)11-14-24-12-4-3-5-18(24)6-7-19-20-8-9-22-25(20,13-10-21(19)24)17-27-15-16-29-22/h6,11,14,19-22H,2-5,7-10,12-13,15-17H2,1H3/t19-,20-,21-,22?,24+,25+/m0/s1. The van der Waals surface area contributed by atoms with E-state index in [1.54, 1.807) is 11.6 Å². The van der Waals surface area contributed by atoms with Gasteiger partial charge >= 0.3 is 5.97 Å². The molecule has 1 spiro atoms. The predicted octanol–water partition coefficient (Wildman–Crippen LogP) is 4.83. The maximum Gasteiger partial charge on any atom is 0.330 e. The van der Waals surface area contributed by atoms with E-state index in [1.807, 2.05) is 6.92 Å². The minimum Gasteiger partial charge on any atom is -0.463 e. The van der Waals surface area contributed by atoms with Crippen molar-refractivity contribution >= 4 is 5.97 Å². The van der Waals surface area contributed by atoms with Gasteiger partial charge in [-0.05, 0) is 76.0 Å². The second kappa shape index (κ2) is 7.85. The predicted molar refractivity (Wildman–Crippen MR) is 111 cm³/mol. The van der Waals surface area contributed by atoms with Crippen molar-refractivity contribution in [2.45, 2.75) is 70.8 Å². The van der Waals surface area contributed by atoms with Crippen molar-refractivity contribution < 1.29 is 19.0 Å². The second-order valence-corrected chi connectivity index (χ2v) is 9.94. The summed E-state index contributed by atoms with van der Waals surface area (Å²) in [6.07, 6.45) is 18.0. The monoisotopic (exact) mass is 400 g/mol. The normalized spacial score (nSPS) is 44.1. The first-order chi connectivity index (χ1) is 14.2. The third kappa shape index (κ3) is 3.13. The Hall–Kier alpha value is -1.13. The first-order valence-corrected chi connectivity index (χ1v) is 11.9. The number of hydrogen-bond donors (Lipinski definition) is 0. The third-order valence-corrected chi connectivity index (χ3v) is 8.98. The van der Waals surface area contributed by atoms with Gasteiger partial charge in [-0.3, -0.25) is 0 Å². The highest BCUT2D eigenvalue weighted by Gasteiger charge is 2.61. The van der Waals surface area contributed by atoms with E-state index in [1.165, 1.54) is 57.8 Å². The van der Waals surface area contributed by atoms with Gasteiger partial charge in [-0.1, -0.05) is 24.1 Å². The van der Waals surface area contributed by atoms with Crippen molar-refractivity contribution in [2.24, 2.45) is 28.6 Å². The number of rotatable bonds is 3. The van der Waals surface area contributed by atoms with Crippen LogP contribution in [-0.4, -0.2) is 38.5 Å². The van der Waals surface area contributed by atoms with E-state index < -0.39 is 0 Å². The molecule has 4 nitrogen and oxygen atoms in total.